The Bertz CT molecular complexity index is 897. The Labute approximate surface area is 174 Å². The van der Waals surface area contributed by atoms with Crippen molar-refractivity contribution in [1.29, 1.82) is 0 Å². The molecule has 2 aromatic rings. The van der Waals surface area contributed by atoms with Crippen LogP contribution in [0.3, 0.4) is 0 Å². The number of quaternary nitrogens is 1. The number of rotatable bonds is 8. The van der Waals surface area contributed by atoms with Gasteiger partial charge >= 0.3 is 6.18 Å². The number of aryl methyl sites for hydroxylation is 2. The number of likely N-dealkylation sites (N-methyl/N-ethyl adjacent to an activating group) is 1. The minimum atomic E-state index is -4.56. The maximum Gasteiger partial charge on any atom is 0.418 e. The van der Waals surface area contributed by atoms with Gasteiger partial charge in [-0.1, -0.05) is 37.3 Å². The standard InChI is InChI=1S/C22H26F3N3O2/c1-4-16-10-8-9-15(3)21(16)27-20(30)14-28(5-2)13-19(29)26-18-12-7-6-11-17(18)22(23,24)25/h6-12H,4-5,13-14H2,1-3H3,(H,26,29)(H,27,30)/p+1. The number of amides is 2. The molecule has 0 aliphatic carbocycles. The maximum atomic E-state index is 13.1. The highest BCUT2D eigenvalue weighted by molar-refractivity contribution is 5.94. The van der Waals surface area contributed by atoms with Crippen LogP contribution < -0.4 is 15.5 Å². The summed E-state index contributed by atoms with van der Waals surface area (Å²) in [5.41, 5.74) is 1.54. The van der Waals surface area contributed by atoms with E-state index in [0.717, 1.165) is 29.3 Å². The van der Waals surface area contributed by atoms with E-state index in [1.807, 2.05) is 39.0 Å². The largest absolute Gasteiger partial charge is 0.418 e. The van der Waals surface area contributed by atoms with E-state index in [9.17, 15) is 22.8 Å². The SMILES string of the molecule is CCc1cccc(C)c1NC(=O)C[NH+](CC)CC(=O)Nc1ccccc1C(F)(F)F. The topological polar surface area (TPSA) is 62.6 Å². The molecule has 2 rings (SSSR count). The van der Waals surface area contributed by atoms with E-state index < -0.39 is 17.6 Å². The third-order valence-corrected chi connectivity index (χ3v) is 4.83. The van der Waals surface area contributed by atoms with Crippen LogP contribution in [0.25, 0.3) is 0 Å². The quantitative estimate of drug-likeness (QED) is 0.612. The fraction of sp³-hybridized carbons (Fsp3) is 0.364. The molecule has 162 valence electrons. The first-order valence-electron chi connectivity index (χ1n) is 9.83. The van der Waals surface area contributed by atoms with Crippen molar-refractivity contribution in [3.63, 3.8) is 0 Å². The number of alkyl halides is 3. The van der Waals surface area contributed by atoms with Crippen LogP contribution in [-0.2, 0) is 22.2 Å². The van der Waals surface area contributed by atoms with Crippen LogP contribution in [0.2, 0.25) is 0 Å². The van der Waals surface area contributed by atoms with E-state index in [1.54, 1.807) is 0 Å². The Morgan fingerprint density at radius 3 is 2.17 bits per heavy atom. The van der Waals surface area contributed by atoms with Gasteiger partial charge in [0.25, 0.3) is 11.8 Å². The lowest BCUT2D eigenvalue weighted by Gasteiger charge is -2.19. The molecule has 8 heteroatoms. The minimum Gasteiger partial charge on any atom is -0.321 e. The van der Waals surface area contributed by atoms with Gasteiger partial charge in [-0.3, -0.25) is 9.59 Å². The number of carbonyl (C=O) groups excluding carboxylic acids is 2. The molecule has 1 unspecified atom stereocenters. The lowest BCUT2D eigenvalue weighted by atomic mass is 10.1. The smallest absolute Gasteiger partial charge is 0.321 e. The van der Waals surface area contributed by atoms with Crippen molar-refractivity contribution in [3.8, 4) is 0 Å². The third kappa shape index (κ3) is 6.32. The van der Waals surface area contributed by atoms with Crippen LogP contribution in [0.1, 0.15) is 30.5 Å². The fourth-order valence-electron chi connectivity index (χ4n) is 3.19. The molecule has 2 amide bonds. The lowest BCUT2D eigenvalue weighted by Crippen LogP contribution is -3.13. The number of benzene rings is 2. The number of anilines is 2. The van der Waals surface area contributed by atoms with Gasteiger partial charge in [0, 0.05) is 5.69 Å². The molecule has 0 saturated carbocycles. The Morgan fingerprint density at radius 1 is 0.933 bits per heavy atom. The second-order valence-corrected chi connectivity index (χ2v) is 7.06. The van der Waals surface area contributed by atoms with E-state index in [4.69, 9.17) is 0 Å². The summed E-state index contributed by atoms with van der Waals surface area (Å²) in [5, 5.41) is 5.23. The van der Waals surface area contributed by atoms with Crippen molar-refractivity contribution < 1.29 is 27.7 Å². The summed E-state index contributed by atoms with van der Waals surface area (Å²) in [7, 11) is 0. The first kappa shape index (κ1) is 23.4. The second kappa shape index (κ2) is 10.2. The molecule has 0 aliphatic rings. The lowest BCUT2D eigenvalue weighted by molar-refractivity contribution is -0.881. The molecule has 0 aromatic heterocycles. The number of carbonyl (C=O) groups is 2. The predicted molar refractivity (Wildman–Crippen MR) is 110 cm³/mol. The van der Waals surface area contributed by atoms with Gasteiger partial charge < -0.3 is 15.5 Å². The molecular formula is C22H27F3N3O2+. The summed E-state index contributed by atoms with van der Waals surface area (Å²) in [6.45, 7) is 6.09. The van der Waals surface area contributed by atoms with Crippen molar-refractivity contribution in [1.82, 2.24) is 0 Å². The van der Waals surface area contributed by atoms with Crippen LogP contribution >= 0.6 is 0 Å². The van der Waals surface area contributed by atoms with Crippen LogP contribution in [0.4, 0.5) is 24.5 Å². The monoisotopic (exact) mass is 422 g/mol. The summed E-state index contributed by atoms with van der Waals surface area (Å²) in [6.07, 6.45) is -3.80. The average Bonchev–Trinajstić information content (AvgIpc) is 2.68. The molecule has 0 radical (unpaired) electrons. The van der Waals surface area contributed by atoms with Crippen molar-refractivity contribution in [2.45, 2.75) is 33.4 Å². The van der Waals surface area contributed by atoms with Crippen molar-refractivity contribution in [3.05, 3.63) is 59.2 Å². The molecule has 0 aliphatic heterocycles. The van der Waals surface area contributed by atoms with E-state index >= 15 is 0 Å². The van der Waals surface area contributed by atoms with Crippen LogP contribution in [-0.4, -0.2) is 31.4 Å². The second-order valence-electron chi connectivity index (χ2n) is 7.06. The molecule has 2 aromatic carbocycles. The average molecular weight is 422 g/mol. The predicted octanol–water partition coefficient (Wildman–Crippen LogP) is 3.06. The van der Waals surface area contributed by atoms with Gasteiger partial charge in [-0.2, -0.15) is 13.2 Å². The zero-order valence-corrected chi connectivity index (χ0v) is 17.3. The van der Waals surface area contributed by atoms with Crippen molar-refractivity contribution >= 4 is 23.2 Å². The molecule has 0 heterocycles. The molecule has 0 spiro atoms. The van der Waals surface area contributed by atoms with Crippen molar-refractivity contribution in [2.24, 2.45) is 0 Å². The fourth-order valence-corrected chi connectivity index (χ4v) is 3.19. The van der Waals surface area contributed by atoms with Gasteiger partial charge in [-0.25, -0.2) is 0 Å². The summed E-state index contributed by atoms with van der Waals surface area (Å²) < 4.78 is 39.3. The zero-order valence-electron chi connectivity index (χ0n) is 17.3. The van der Waals surface area contributed by atoms with Crippen LogP contribution in [0.15, 0.2) is 42.5 Å². The van der Waals surface area contributed by atoms with E-state index in [-0.39, 0.29) is 24.7 Å². The first-order chi connectivity index (χ1) is 14.2. The maximum absolute atomic E-state index is 13.1. The highest BCUT2D eigenvalue weighted by Gasteiger charge is 2.33. The highest BCUT2D eigenvalue weighted by atomic mass is 19.4. The summed E-state index contributed by atoms with van der Waals surface area (Å²) in [6, 6.07) is 10.6. The third-order valence-electron chi connectivity index (χ3n) is 4.83. The van der Waals surface area contributed by atoms with Gasteiger partial charge in [0.1, 0.15) is 0 Å². The van der Waals surface area contributed by atoms with Crippen LogP contribution in [0, 0.1) is 6.92 Å². The number of hydrogen-bond donors (Lipinski definition) is 3. The number of halogens is 3. The van der Waals surface area contributed by atoms with Gasteiger partial charge in [0.2, 0.25) is 0 Å². The Morgan fingerprint density at radius 2 is 1.57 bits per heavy atom. The Kier molecular flexibility index (Phi) is 8.00. The zero-order chi connectivity index (χ0) is 22.3. The van der Waals surface area contributed by atoms with Gasteiger partial charge in [-0.15, -0.1) is 0 Å². The molecule has 0 saturated heterocycles. The number of nitrogens with one attached hydrogen (secondary N) is 3. The van der Waals surface area contributed by atoms with Gasteiger partial charge in [-0.05, 0) is 43.5 Å². The number of para-hydroxylation sites is 2. The van der Waals surface area contributed by atoms with Crippen LogP contribution in [0.5, 0.6) is 0 Å². The molecule has 0 fully saturated rings. The van der Waals surface area contributed by atoms with E-state index in [2.05, 4.69) is 10.6 Å². The summed E-state index contributed by atoms with van der Waals surface area (Å²) in [5.74, 6) is -0.833. The Balaban J connectivity index is 2.01. The molecular weight excluding hydrogens is 395 g/mol. The molecule has 5 nitrogen and oxygen atoms in total. The molecule has 0 bridgehead atoms. The minimum absolute atomic E-state index is 0.0301. The van der Waals surface area contributed by atoms with Gasteiger partial charge in [0.15, 0.2) is 13.1 Å². The highest BCUT2D eigenvalue weighted by Crippen LogP contribution is 2.34. The molecule has 30 heavy (non-hydrogen) atoms. The van der Waals surface area contributed by atoms with E-state index in [0.29, 0.717) is 11.4 Å². The molecule has 3 N–H and O–H groups in total. The molecule has 1 atom stereocenters. The normalized spacial score (nSPS) is 12.3. The Hall–Kier alpha value is -2.87. The summed E-state index contributed by atoms with van der Waals surface area (Å²) in [4.78, 5) is 25.5. The van der Waals surface area contributed by atoms with Crippen molar-refractivity contribution in [2.75, 3.05) is 30.3 Å². The first-order valence-corrected chi connectivity index (χ1v) is 9.83. The summed E-state index contributed by atoms with van der Waals surface area (Å²) >= 11 is 0. The van der Waals surface area contributed by atoms with E-state index in [1.165, 1.54) is 18.2 Å². The number of hydrogen-bond acceptors (Lipinski definition) is 2. The van der Waals surface area contributed by atoms with Gasteiger partial charge in [0.05, 0.1) is 17.8 Å².